The highest BCUT2D eigenvalue weighted by atomic mass is 32.2. The van der Waals surface area contributed by atoms with Crippen LogP contribution in [-0.4, -0.2) is 43.0 Å². The van der Waals surface area contributed by atoms with Crippen LogP contribution in [0.25, 0.3) is 0 Å². The van der Waals surface area contributed by atoms with Crippen LogP contribution in [0, 0.1) is 0 Å². The third kappa shape index (κ3) is 2.16. The van der Waals surface area contributed by atoms with Gasteiger partial charge in [0.1, 0.15) is 16.2 Å². The molecule has 20 heavy (non-hydrogen) atoms. The van der Waals surface area contributed by atoms with Crippen LogP contribution < -0.4 is 4.74 Å². The van der Waals surface area contributed by atoms with Crippen LogP contribution in [0.15, 0.2) is 29.2 Å². The first-order valence-electron chi connectivity index (χ1n) is 6.23. The molecule has 1 aromatic rings. The Labute approximate surface area is 118 Å². The number of sulfonamides is 1. The third-order valence-corrected chi connectivity index (χ3v) is 5.73. The summed E-state index contributed by atoms with van der Waals surface area (Å²) in [6, 6.07) is 6.22. The zero-order valence-electron chi connectivity index (χ0n) is 11.4. The van der Waals surface area contributed by atoms with Gasteiger partial charge in [0.05, 0.1) is 7.11 Å². The molecule has 110 valence electrons. The minimum atomic E-state index is -3.91. The van der Waals surface area contributed by atoms with E-state index in [0.717, 1.165) is 4.31 Å². The number of methoxy groups -OCH3 is 1. The standard InChI is InChI=1S/C13H17NO5S/c1-13(12(15)16)8-5-9-14(13)20(17,18)11-7-4-3-6-10(11)19-2/h3-4,6-7H,5,8-9H2,1-2H3,(H,15,16). The molecule has 1 atom stereocenters. The quantitative estimate of drug-likeness (QED) is 0.906. The van der Waals surface area contributed by atoms with Gasteiger partial charge in [-0.1, -0.05) is 12.1 Å². The minimum Gasteiger partial charge on any atom is -0.495 e. The highest BCUT2D eigenvalue weighted by molar-refractivity contribution is 7.89. The van der Waals surface area contributed by atoms with Gasteiger partial charge in [0, 0.05) is 6.54 Å². The molecule has 1 aromatic carbocycles. The number of hydrogen-bond donors (Lipinski definition) is 1. The van der Waals surface area contributed by atoms with Crippen molar-refractivity contribution >= 4 is 16.0 Å². The van der Waals surface area contributed by atoms with Crippen molar-refractivity contribution < 1.29 is 23.1 Å². The molecular weight excluding hydrogens is 282 g/mol. The van der Waals surface area contributed by atoms with Crippen molar-refractivity contribution in [1.82, 2.24) is 4.31 Å². The van der Waals surface area contributed by atoms with E-state index >= 15 is 0 Å². The topological polar surface area (TPSA) is 83.9 Å². The van der Waals surface area contributed by atoms with Crippen molar-refractivity contribution in [3.63, 3.8) is 0 Å². The molecule has 1 heterocycles. The van der Waals surface area contributed by atoms with E-state index in [0.29, 0.717) is 12.8 Å². The Hall–Kier alpha value is -1.60. The number of aliphatic carboxylic acids is 1. The van der Waals surface area contributed by atoms with E-state index in [1.54, 1.807) is 18.2 Å². The molecule has 1 aliphatic rings. The molecule has 1 unspecified atom stereocenters. The maximum absolute atomic E-state index is 12.7. The van der Waals surface area contributed by atoms with Crippen LogP contribution in [0.5, 0.6) is 5.75 Å². The summed E-state index contributed by atoms with van der Waals surface area (Å²) in [5.41, 5.74) is -1.40. The molecule has 0 bridgehead atoms. The maximum Gasteiger partial charge on any atom is 0.324 e. The maximum atomic E-state index is 12.7. The average Bonchev–Trinajstić information content (AvgIpc) is 2.83. The van der Waals surface area contributed by atoms with Gasteiger partial charge in [0.2, 0.25) is 10.0 Å². The van der Waals surface area contributed by atoms with E-state index in [4.69, 9.17) is 4.74 Å². The predicted molar refractivity (Wildman–Crippen MR) is 72.2 cm³/mol. The second kappa shape index (κ2) is 5.06. The smallest absolute Gasteiger partial charge is 0.324 e. The summed E-state index contributed by atoms with van der Waals surface area (Å²) in [6.07, 6.45) is 0.827. The molecule has 0 saturated carbocycles. The molecule has 1 N–H and O–H groups in total. The van der Waals surface area contributed by atoms with Gasteiger partial charge in [0.25, 0.3) is 0 Å². The van der Waals surface area contributed by atoms with Crippen LogP contribution in [0.2, 0.25) is 0 Å². The number of ether oxygens (including phenoxy) is 1. The summed E-state index contributed by atoms with van der Waals surface area (Å²) in [6.45, 7) is 1.64. The van der Waals surface area contributed by atoms with Gasteiger partial charge in [-0.3, -0.25) is 4.79 Å². The molecule has 1 fully saturated rings. The van der Waals surface area contributed by atoms with E-state index in [1.807, 2.05) is 0 Å². The van der Waals surface area contributed by atoms with E-state index in [1.165, 1.54) is 20.1 Å². The lowest BCUT2D eigenvalue weighted by Gasteiger charge is -2.30. The monoisotopic (exact) mass is 299 g/mol. The SMILES string of the molecule is COc1ccccc1S(=O)(=O)N1CCCC1(C)C(=O)O. The van der Waals surface area contributed by atoms with Crippen molar-refractivity contribution in [2.24, 2.45) is 0 Å². The Morgan fingerprint density at radius 2 is 2.05 bits per heavy atom. The predicted octanol–water partition coefficient (Wildman–Crippen LogP) is 1.32. The number of benzene rings is 1. The average molecular weight is 299 g/mol. The van der Waals surface area contributed by atoms with Gasteiger partial charge in [-0.05, 0) is 31.9 Å². The number of carbonyl (C=O) groups is 1. The number of nitrogens with zero attached hydrogens (tertiary/aromatic N) is 1. The minimum absolute atomic E-state index is 0.00289. The lowest BCUT2D eigenvalue weighted by atomic mass is 10.0. The number of rotatable bonds is 4. The first-order chi connectivity index (χ1) is 9.34. The molecular formula is C13H17NO5S. The fourth-order valence-electron chi connectivity index (χ4n) is 2.49. The summed E-state index contributed by atoms with van der Waals surface area (Å²) in [5.74, 6) is -0.916. The summed E-state index contributed by atoms with van der Waals surface area (Å²) < 4.78 is 31.6. The highest BCUT2D eigenvalue weighted by Crippen LogP contribution is 2.37. The lowest BCUT2D eigenvalue weighted by molar-refractivity contribution is -0.146. The van der Waals surface area contributed by atoms with E-state index < -0.39 is 21.5 Å². The van der Waals surface area contributed by atoms with Crippen molar-refractivity contribution in [1.29, 1.82) is 0 Å². The molecule has 1 aliphatic heterocycles. The summed E-state index contributed by atoms with van der Waals surface area (Å²) >= 11 is 0. The van der Waals surface area contributed by atoms with Gasteiger partial charge in [-0.2, -0.15) is 4.31 Å². The van der Waals surface area contributed by atoms with Gasteiger partial charge in [-0.25, -0.2) is 8.42 Å². The first kappa shape index (κ1) is 14.8. The van der Waals surface area contributed by atoms with E-state index in [-0.39, 0.29) is 17.2 Å². The van der Waals surface area contributed by atoms with Crippen LogP contribution >= 0.6 is 0 Å². The van der Waals surface area contributed by atoms with Crippen molar-refractivity contribution in [2.75, 3.05) is 13.7 Å². The Morgan fingerprint density at radius 3 is 2.65 bits per heavy atom. The Balaban J connectivity index is 2.53. The second-order valence-corrected chi connectivity index (χ2v) is 6.74. The molecule has 1 saturated heterocycles. The zero-order valence-corrected chi connectivity index (χ0v) is 12.2. The van der Waals surface area contributed by atoms with Gasteiger partial charge < -0.3 is 9.84 Å². The summed E-state index contributed by atoms with van der Waals surface area (Å²) in [7, 11) is -2.52. The molecule has 6 nitrogen and oxygen atoms in total. The van der Waals surface area contributed by atoms with Gasteiger partial charge in [-0.15, -0.1) is 0 Å². The molecule has 0 aliphatic carbocycles. The molecule has 0 spiro atoms. The zero-order chi connectivity index (χ0) is 15.0. The third-order valence-electron chi connectivity index (χ3n) is 3.67. The first-order valence-corrected chi connectivity index (χ1v) is 7.67. The number of para-hydroxylation sites is 1. The van der Waals surface area contributed by atoms with Crippen LogP contribution in [0.1, 0.15) is 19.8 Å². The van der Waals surface area contributed by atoms with Crippen LogP contribution in [0.4, 0.5) is 0 Å². The van der Waals surface area contributed by atoms with Crippen LogP contribution in [0.3, 0.4) is 0 Å². The van der Waals surface area contributed by atoms with Gasteiger partial charge >= 0.3 is 5.97 Å². The fourth-order valence-corrected chi connectivity index (χ4v) is 4.45. The Bertz CT molecular complexity index is 627. The summed E-state index contributed by atoms with van der Waals surface area (Å²) in [4.78, 5) is 11.4. The van der Waals surface area contributed by atoms with E-state index in [2.05, 4.69) is 0 Å². The van der Waals surface area contributed by atoms with Crippen molar-refractivity contribution in [2.45, 2.75) is 30.2 Å². The molecule has 0 aromatic heterocycles. The molecule has 2 rings (SSSR count). The van der Waals surface area contributed by atoms with Crippen LogP contribution in [-0.2, 0) is 14.8 Å². The largest absolute Gasteiger partial charge is 0.495 e. The number of carboxylic acids is 1. The number of hydrogen-bond acceptors (Lipinski definition) is 4. The van der Waals surface area contributed by atoms with E-state index in [9.17, 15) is 18.3 Å². The van der Waals surface area contributed by atoms with Crippen molar-refractivity contribution in [3.8, 4) is 5.75 Å². The Morgan fingerprint density at radius 1 is 1.40 bits per heavy atom. The second-order valence-electron chi connectivity index (χ2n) is 4.91. The lowest BCUT2D eigenvalue weighted by Crippen LogP contribution is -2.50. The highest BCUT2D eigenvalue weighted by Gasteiger charge is 2.50. The Kier molecular flexibility index (Phi) is 3.75. The number of carboxylic acid groups (broad SMARTS) is 1. The van der Waals surface area contributed by atoms with Gasteiger partial charge in [0.15, 0.2) is 0 Å². The summed E-state index contributed by atoms with van der Waals surface area (Å²) in [5, 5.41) is 9.34. The van der Waals surface area contributed by atoms with Crippen molar-refractivity contribution in [3.05, 3.63) is 24.3 Å². The normalized spacial score (nSPS) is 23.7. The molecule has 0 radical (unpaired) electrons. The fraction of sp³-hybridized carbons (Fsp3) is 0.462. The molecule has 0 amide bonds. The molecule has 7 heteroatoms.